The number of hydrogen-bond donors (Lipinski definition) is 0. The van der Waals surface area contributed by atoms with Crippen LogP contribution in [0.1, 0.15) is 59.3 Å². The van der Waals surface area contributed by atoms with E-state index in [1.165, 1.54) is 12.8 Å². The smallest absolute Gasteiger partial charge is 0.0891 e. The van der Waals surface area contributed by atoms with E-state index in [1.54, 1.807) is 0 Å². The van der Waals surface area contributed by atoms with E-state index in [-0.39, 0.29) is 0 Å². The van der Waals surface area contributed by atoms with Crippen LogP contribution in [-0.2, 0) is 0 Å². The van der Waals surface area contributed by atoms with E-state index in [9.17, 15) is 0 Å². The van der Waals surface area contributed by atoms with Crippen LogP contribution in [0.5, 0.6) is 0 Å². The number of hydrogen-bond acceptors (Lipinski definition) is 0. The number of unbranched alkanes of at least 4 members (excludes halogenated alkanes) is 1. The van der Waals surface area contributed by atoms with Gasteiger partial charge in [0.2, 0.25) is 0 Å². The molecule has 0 N–H and O–H groups in total. The second kappa shape index (κ2) is 17.9. The molecular weight excluding hydrogens is 287 g/mol. The molecule has 0 aliphatic rings. The van der Waals surface area contributed by atoms with Crippen molar-refractivity contribution in [2.45, 2.75) is 65.1 Å². The van der Waals surface area contributed by atoms with Crippen LogP contribution in [0.2, 0.25) is 5.82 Å². The summed E-state index contributed by atoms with van der Waals surface area (Å²) in [6.07, 6.45) is 33.6. The molecule has 0 rings (SSSR count). The fraction of sp³-hybridized carbons (Fsp3) is 0.478. The largest absolute Gasteiger partial charge is 0.110 e. The van der Waals surface area contributed by atoms with E-state index in [1.807, 2.05) is 0 Å². The maximum atomic E-state index is 2.30. The van der Waals surface area contributed by atoms with Crippen LogP contribution in [0, 0.1) is 5.92 Å². The lowest BCUT2D eigenvalue weighted by Gasteiger charge is -1.99. The first-order chi connectivity index (χ1) is 11.7. The van der Waals surface area contributed by atoms with Gasteiger partial charge in [0.25, 0.3) is 0 Å². The summed E-state index contributed by atoms with van der Waals surface area (Å²) in [7, 11) is 2.26. The summed E-state index contributed by atoms with van der Waals surface area (Å²) in [4.78, 5) is 0. The monoisotopic (exact) mass is 324 g/mol. The lowest BCUT2D eigenvalue weighted by atomic mass is 9.84. The van der Waals surface area contributed by atoms with Gasteiger partial charge in [0.05, 0.1) is 0 Å². The highest BCUT2D eigenvalue weighted by Crippen LogP contribution is 2.09. The Morgan fingerprint density at radius 1 is 0.750 bits per heavy atom. The average Bonchev–Trinajstić information content (AvgIpc) is 2.58. The number of rotatable bonds is 13. The molecule has 0 saturated carbocycles. The molecule has 0 unspecified atom stereocenters. The first kappa shape index (κ1) is 22.5. The molecule has 0 aromatic carbocycles. The van der Waals surface area contributed by atoms with Crippen LogP contribution in [0.3, 0.4) is 0 Å². The topological polar surface area (TPSA) is 0 Å². The van der Waals surface area contributed by atoms with Crippen LogP contribution in [0.25, 0.3) is 0 Å². The van der Waals surface area contributed by atoms with Crippen molar-refractivity contribution in [2.24, 2.45) is 5.92 Å². The Labute approximate surface area is 152 Å². The Bertz CT molecular complexity index is 435. The zero-order valence-corrected chi connectivity index (χ0v) is 16.3. The van der Waals surface area contributed by atoms with Crippen LogP contribution in [0.4, 0.5) is 0 Å². The van der Waals surface area contributed by atoms with Crippen molar-refractivity contribution in [1.29, 1.82) is 0 Å². The third kappa shape index (κ3) is 16.9. The molecule has 0 aliphatic heterocycles. The van der Waals surface area contributed by atoms with Crippen LogP contribution >= 0.6 is 0 Å². The number of allylic oxidation sites excluding steroid dienone is 12. The second-order valence-electron chi connectivity index (χ2n) is 6.43. The van der Waals surface area contributed by atoms with Crippen molar-refractivity contribution >= 4 is 7.85 Å². The van der Waals surface area contributed by atoms with E-state index in [0.717, 1.165) is 25.7 Å². The third-order valence-corrected chi connectivity index (χ3v) is 3.69. The molecular formula is C23H37B. The molecule has 0 aromatic heterocycles. The quantitative estimate of drug-likeness (QED) is 0.199. The summed E-state index contributed by atoms with van der Waals surface area (Å²) in [6.45, 7) is 6.65. The highest BCUT2D eigenvalue weighted by atomic mass is 14.0. The maximum Gasteiger partial charge on any atom is 0.110 e. The Kier molecular flexibility index (Phi) is 16.7. The van der Waals surface area contributed by atoms with Gasteiger partial charge in [-0.05, 0) is 43.8 Å². The van der Waals surface area contributed by atoms with Crippen molar-refractivity contribution in [3.8, 4) is 0 Å². The SMILES string of the molecule is B[C@H](/C=C/C=C\C=C\[C@@H](C)C/C=C\C/C=C\CC)C/C=C\CCC. The van der Waals surface area contributed by atoms with Crippen LogP contribution in [-0.4, -0.2) is 7.85 Å². The minimum Gasteiger partial charge on any atom is -0.0891 e. The molecule has 0 radical (unpaired) electrons. The zero-order valence-electron chi connectivity index (χ0n) is 16.3. The fourth-order valence-corrected chi connectivity index (χ4v) is 2.14. The molecule has 0 amide bonds. The van der Waals surface area contributed by atoms with E-state index >= 15 is 0 Å². The van der Waals surface area contributed by atoms with Gasteiger partial charge in [-0.3, -0.25) is 0 Å². The van der Waals surface area contributed by atoms with Gasteiger partial charge in [0.15, 0.2) is 0 Å². The van der Waals surface area contributed by atoms with E-state index < -0.39 is 0 Å². The van der Waals surface area contributed by atoms with Crippen LogP contribution < -0.4 is 0 Å². The summed E-state index contributed by atoms with van der Waals surface area (Å²) in [6, 6.07) is 0. The van der Waals surface area contributed by atoms with Gasteiger partial charge in [-0.2, -0.15) is 0 Å². The van der Waals surface area contributed by atoms with Gasteiger partial charge < -0.3 is 0 Å². The van der Waals surface area contributed by atoms with Crippen molar-refractivity contribution in [2.75, 3.05) is 0 Å². The molecule has 24 heavy (non-hydrogen) atoms. The third-order valence-electron chi connectivity index (χ3n) is 3.69. The van der Waals surface area contributed by atoms with Gasteiger partial charge in [-0.25, -0.2) is 0 Å². The summed E-state index contributed by atoms with van der Waals surface area (Å²) in [5.74, 6) is 1.20. The van der Waals surface area contributed by atoms with Crippen molar-refractivity contribution in [1.82, 2.24) is 0 Å². The first-order valence-corrected chi connectivity index (χ1v) is 9.67. The molecule has 0 spiro atoms. The van der Waals surface area contributed by atoms with Gasteiger partial charge >= 0.3 is 0 Å². The Balaban J connectivity index is 3.89. The lowest BCUT2D eigenvalue weighted by Crippen LogP contribution is -1.85. The van der Waals surface area contributed by atoms with E-state index in [2.05, 4.69) is 102 Å². The molecule has 132 valence electrons. The highest BCUT2D eigenvalue weighted by molar-refractivity contribution is 6.13. The standard InChI is InChI=1S/C23H37B/c1-4-6-8-10-11-14-18-22(3)19-15-12-13-17-21-23(24)20-16-9-7-5-2/h6,8-9,11-17,19,21-23H,4-5,7,10,18,20,24H2,1-3H3/b8-6-,13-12-,14-11-,16-9-,19-15+,21-17+/t22-,23-/m0/s1. The highest BCUT2D eigenvalue weighted by Gasteiger charge is 1.92. The molecule has 0 bridgehead atoms. The predicted octanol–water partition coefficient (Wildman–Crippen LogP) is 6.76. The molecule has 2 atom stereocenters. The average molecular weight is 324 g/mol. The molecule has 0 aromatic rings. The van der Waals surface area contributed by atoms with Gasteiger partial charge in [0.1, 0.15) is 7.85 Å². The summed E-state index contributed by atoms with van der Waals surface area (Å²) >= 11 is 0. The predicted molar refractivity (Wildman–Crippen MR) is 115 cm³/mol. The summed E-state index contributed by atoms with van der Waals surface area (Å²) < 4.78 is 0. The summed E-state index contributed by atoms with van der Waals surface area (Å²) in [5, 5.41) is 0. The fourth-order valence-electron chi connectivity index (χ4n) is 2.14. The maximum absolute atomic E-state index is 2.30. The first-order valence-electron chi connectivity index (χ1n) is 9.67. The molecule has 0 aliphatic carbocycles. The van der Waals surface area contributed by atoms with Crippen molar-refractivity contribution < 1.29 is 0 Å². The molecule has 0 nitrogen and oxygen atoms in total. The normalized spacial score (nSPS) is 16.0. The van der Waals surface area contributed by atoms with E-state index in [4.69, 9.17) is 0 Å². The molecule has 0 fully saturated rings. The van der Waals surface area contributed by atoms with Gasteiger partial charge in [0, 0.05) is 0 Å². The zero-order chi connectivity index (χ0) is 17.9. The van der Waals surface area contributed by atoms with Crippen molar-refractivity contribution in [3.63, 3.8) is 0 Å². The molecule has 0 saturated heterocycles. The van der Waals surface area contributed by atoms with E-state index in [0.29, 0.717) is 11.7 Å². The Morgan fingerprint density at radius 3 is 2.12 bits per heavy atom. The molecule has 1 heteroatoms. The van der Waals surface area contributed by atoms with Gasteiger partial charge in [-0.15, -0.1) is 0 Å². The van der Waals surface area contributed by atoms with Crippen LogP contribution in [0.15, 0.2) is 72.9 Å². The minimum absolute atomic E-state index is 0.590. The summed E-state index contributed by atoms with van der Waals surface area (Å²) in [5.41, 5.74) is 0. The Morgan fingerprint density at radius 2 is 1.42 bits per heavy atom. The lowest BCUT2D eigenvalue weighted by molar-refractivity contribution is 0.743. The Hall–Kier alpha value is -1.50. The van der Waals surface area contributed by atoms with Crippen molar-refractivity contribution in [3.05, 3.63) is 72.9 Å². The minimum atomic E-state index is 0.590. The van der Waals surface area contributed by atoms with Gasteiger partial charge in [-0.1, -0.05) is 100 Å². The molecule has 0 heterocycles. The second-order valence-corrected chi connectivity index (χ2v) is 6.43.